The number of hydrogen-bond acceptors (Lipinski definition) is 2. The van der Waals surface area contributed by atoms with Crippen LogP contribution < -0.4 is 0 Å². The van der Waals surface area contributed by atoms with Crippen LogP contribution in [0.15, 0.2) is 0 Å². The quantitative estimate of drug-likeness (QED) is 0.568. The van der Waals surface area contributed by atoms with Crippen LogP contribution in [-0.2, 0) is 4.74 Å². The Kier molecular flexibility index (Phi) is 2.49. The highest BCUT2D eigenvalue weighted by atomic mass is 16.5. The Morgan fingerprint density at radius 1 is 1.67 bits per heavy atom. The fourth-order valence-corrected chi connectivity index (χ4v) is 1.26. The number of ether oxygens (including phenoxy) is 1. The average molecular weight is 130 g/mol. The molecule has 0 aromatic carbocycles. The number of rotatable bonds is 1. The molecule has 1 saturated heterocycles. The van der Waals surface area contributed by atoms with Crippen LogP contribution in [0.25, 0.3) is 0 Å². The van der Waals surface area contributed by atoms with Crippen LogP contribution in [-0.4, -0.2) is 24.4 Å². The molecule has 9 heavy (non-hydrogen) atoms. The highest BCUT2D eigenvalue weighted by Gasteiger charge is 2.17. The first-order valence-corrected chi connectivity index (χ1v) is 3.55. The Morgan fingerprint density at radius 3 is 2.89 bits per heavy atom. The summed E-state index contributed by atoms with van der Waals surface area (Å²) in [7, 11) is 0. The standard InChI is InChI=1S/C7H14O2/c1-6-4-7(5-8)2-3-9-6/h6-8H,2-5H2,1H3/t6?,7-/m1/s1. The Balaban J connectivity index is 2.23. The van der Waals surface area contributed by atoms with Gasteiger partial charge in [-0.3, -0.25) is 0 Å². The summed E-state index contributed by atoms with van der Waals surface area (Å²) in [5.74, 6) is 0.494. The zero-order chi connectivity index (χ0) is 6.69. The van der Waals surface area contributed by atoms with E-state index < -0.39 is 0 Å². The summed E-state index contributed by atoms with van der Waals surface area (Å²) in [5.41, 5.74) is 0. The van der Waals surface area contributed by atoms with Crippen molar-refractivity contribution in [2.24, 2.45) is 5.92 Å². The van der Waals surface area contributed by atoms with Gasteiger partial charge in [-0.05, 0) is 25.7 Å². The van der Waals surface area contributed by atoms with Crippen LogP contribution in [0.4, 0.5) is 0 Å². The van der Waals surface area contributed by atoms with Crippen LogP contribution in [0, 0.1) is 5.92 Å². The van der Waals surface area contributed by atoms with Gasteiger partial charge in [0.15, 0.2) is 0 Å². The molecule has 2 atom stereocenters. The summed E-state index contributed by atoms with van der Waals surface area (Å²) in [4.78, 5) is 0. The minimum atomic E-state index is 0.327. The molecule has 1 unspecified atom stereocenters. The van der Waals surface area contributed by atoms with E-state index in [0.29, 0.717) is 18.6 Å². The molecular weight excluding hydrogens is 116 g/mol. The second kappa shape index (κ2) is 3.18. The maximum atomic E-state index is 8.75. The van der Waals surface area contributed by atoms with Gasteiger partial charge in [0.2, 0.25) is 0 Å². The maximum Gasteiger partial charge on any atom is 0.0550 e. The zero-order valence-electron chi connectivity index (χ0n) is 5.84. The van der Waals surface area contributed by atoms with Gasteiger partial charge in [0.05, 0.1) is 6.10 Å². The van der Waals surface area contributed by atoms with Crippen LogP contribution >= 0.6 is 0 Å². The summed E-state index contributed by atoms with van der Waals surface area (Å²) >= 11 is 0. The van der Waals surface area contributed by atoms with Gasteiger partial charge in [-0.15, -0.1) is 0 Å². The lowest BCUT2D eigenvalue weighted by atomic mass is 9.97. The van der Waals surface area contributed by atoms with Crippen LogP contribution in [0.5, 0.6) is 0 Å². The number of aliphatic hydroxyl groups is 1. The molecule has 0 aromatic heterocycles. The fourth-order valence-electron chi connectivity index (χ4n) is 1.26. The first-order valence-electron chi connectivity index (χ1n) is 3.55. The van der Waals surface area contributed by atoms with Gasteiger partial charge in [-0.25, -0.2) is 0 Å². The van der Waals surface area contributed by atoms with Crippen molar-refractivity contribution in [3.63, 3.8) is 0 Å². The van der Waals surface area contributed by atoms with Crippen molar-refractivity contribution < 1.29 is 9.84 Å². The molecule has 54 valence electrons. The van der Waals surface area contributed by atoms with E-state index in [9.17, 15) is 0 Å². The third-order valence-electron chi connectivity index (χ3n) is 1.85. The van der Waals surface area contributed by atoms with E-state index in [1.807, 2.05) is 0 Å². The molecule has 1 heterocycles. The summed E-state index contributed by atoms with van der Waals surface area (Å²) < 4.78 is 5.30. The van der Waals surface area contributed by atoms with E-state index in [0.717, 1.165) is 19.4 Å². The van der Waals surface area contributed by atoms with E-state index in [4.69, 9.17) is 9.84 Å². The molecule has 1 aliphatic heterocycles. The fraction of sp³-hybridized carbons (Fsp3) is 1.00. The minimum Gasteiger partial charge on any atom is -0.396 e. The molecule has 0 bridgehead atoms. The predicted octanol–water partition coefficient (Wildman–Crippen LogP) is 0.794. The third-order valence-corrected chi connectivity index (χ3v) is 1.85. The van der Waals surface area contributed by atoms with Gasteiger partial charge in [-0.1, -0.05) is 0 Å². The monoisotopic (exact) mass is 130 g/mol. The van der Waals surface area contributed by atoms with E-state index in [1.165, 1.54) is 0 Å². The van der Waals surface area contributed by atoms with Gasteiger partial charge < -0.3 is 9.84 Å². The molecule has 0 radical (unpaired) electrons. The van der Waals surface area contributed by atoms with E-state index in [-0.39, 0.29) is 0 Å². The highest BCUT2D eigenvalue weighted by molar-refractivity contribution is 4.66. The van der Waals surface area contributed by atoms with E-state index in [1.54, 1.807) is 0 Å². The molecular formula is C7H14O2. The molecule has 0 aliphatic carbocycles. The lowest BCUT2D eigenvalue weighted by molar-refractivity contribution is -0.0106. The first-order chi connectivity index (χ1) is 4.33. The highest BCUT2D eigenvalue weighted by Crippen LogP contribution is 2.18. The van der Waals surface area contributed by atoms with Crippen LogP contribution in [0.3, 0.4) is 0 Å². The lowest BCUT2D eigenvalue weighted by Crippen LogP contribution is -2.24. The minimum absolute atomic E-state index is 0.327. The molecule has 2 nitrogen and oxygen atoms in total. The molecule has 1 rings (SSSR count). The Bertz CT molecular complexity index is 83.0. The van der Waals surface area contributed by atoms with E-state index in [2.05, 4.69) is 6.92 Å². The second-order valence-electron chi connectivity index (χ2n) is 2.75. The molecule has 0 aromatic rings. The van der Waals surface area contributed by atoms with Crippen molar-refractivity contribution in [1.82, 2.24) is 0 Å². The smallest absolute Gasteiger partial charge is 0.0550 e. The Morgan fingerprint density at radius 2 is 2.44 bits per heavy atom. The summed E-state index contributed by atoms with van der Waals surface area (Å²) in [6.07, 6.45) is 2.41. The van der Waals surface area contributed by atoms with Gasteiger partial charge in [0, 0.05) is 13.2 Å². The van der Waals surface area contributed by atoms with Crippen molar-refractivity contribution >= 4 is 0 Å². The van der Waals surface area contributed by atoms with Gasteiger partial charge in [-0.2, -0.15) is 0 Å². The SMILES string of the molecule is CC1C[C@H](CO)CCO1. The van der Waals surface area contributed by atoms with Crippen LogP contribution in [0.2, 0.25) is 0 Å². The molecule has 1 N–H and O–H groups in total. The van der Waals surface area contributed by atoms with Crippen molar-refractivity contribution in [2.45, 2.75) is 25.9 Å². The zero-order valence-corrected chi connectivity index (χ0v) is 5.84. The summed E-state index contributed by atoms with van der Waals surface area (Å²) in [6.45, 7) is 3.21. The van der Waals surface area contributed by atoms with Crippen molar-refractivity contribution in [3.05, 3.63) is 0 Å². The molecule has 1 aliphatic rings. The van der Waals surface area contributed by atoms with Crippen molar-refractivity contribution in [2.75, 3.05) is 13.2 Å². The van der Waals surface area contributed by atoms with E-state index >= 15 is 0 Å². The van der Waals surface area contributed by atoms with Crippen molar-refractivity contribution in [3.8, 4) is 0 Å². The van der Waals surface area contributed by atoms with Gasteiger partial charge in [0.1, 0.15) is 0 Å². The lowest BCUT2D eigenvalue weighted by Gasteiger charge is -2.25. The topological polar surface area (TPSA) is 29.5 Å². The molecule has 2 heteroatoms. The molecule has 0 amide bonds. The Labute approximate surface area is 55.8 Å². The second-order valence-corrected chi connectivity index (χ2v) is 2.75. The molecule has 0 saturated carbocycles. The van der Waals surface area contributed by atoms with Gasteiger partial charge >= 0.3 is 0 Å². The van der Waals surface area contributed by atoms with Gasteiger partial charge in [0.25, 0.3) is 0 Å². The maximum absolute atomic E-state index is 8.75. The van der Waals surface area contributed by atoms with Crippen LogP contribution in [0.1, 0.15) is 19.8 Å². The average Bonchev–Trinajstić information content (AvgIpc) is 1.88. The Hall–Kier alpha value is -0.0800. The predicted molar refractivity (Wildman–Crippen MR) is 35.2 cm³/mol. The molecule has 1 fully saturated rings. The summed E-state index contributed by atoms with van der Waals surface area (Å²) in [5, 5.41) is 8.75. The number of aliphatic hydroxyl groups excluding tert-OH is 1. The van der Waals surface area contributed by atoms with Crippen molar-refractivity contribution in [1.29, 1.82) is 0 Å². The third kappa shape index (κ3) is 1.95. The summed E-state index contributed by atoms with van der Waals surface area (Å²) in [6, 6.07) is 0. The normalized spacial score (nSPS) is 36.7. The molecule has 0 spiro atoms. The number of hydrogen-bond donors (Lipinski definition) is 1. The largest absolute Gasteiger partial charge is 0.396 e. The first kappa shape index (κ1) is 7.03.